The largest absolute Gasteiger partial charge is 0.344 e. The molecule has 5 N–H and O–H groups in total. The summed E-state index contributed by atoms with van der Waals surface area (Å²) in [6, 6.07) is 0. The SMILES string of the molecule is C=NN.N. The maximum atomic E-state index is 4.36. The summed E-state index contributed by atoms with van der Waals surface area (Å²) in [6.07, 6.45) is 0. The molecular formula is CH7N3. The average Bonchev–Trinajstić information content (AvgIpc) is 0.918. The van der Waals surface area contributed by atoms with E-state index in [0.717, 1.165) is 0 Å². The van der Waals surface area contributed by atoms with Crippen LogP contribution in [0.5, 0.6) is 0 Å². The first-order valence-corrected chi connectivity index (χ1v) is 0.574. The van der Waals surface area contributed by atoms with Crippen molar-refractivity contribution in [3.8, 4) is 0 Å². The van der Waals surface area contributed by atoms with E-state index in [9.17, 15) is 0 Å². The van der Waals surface area contributed by atoms with Crippen molar-refractivity contribution in [2.75, 3.05) is 0 Å². The lowest BCUT2D eigenvalue weighted by Gasteiger charge is -1.44. The molecule has 0 aliphatic heterocycles. The van der Waals surface area contributed by atoms with Gasteiger partial charge in [-0.3, -0.25) is 0 Å². The molecule has 0 saturated carbocycles. The lowest BCUT2D eigenvalue weighted by atomic mass is 11.7. The third-order valence-electron chi connectivity index (χ3n) is 0. The van der Waals surface area contributed by atoms with Crippen LogP contribution in [0.4, 0.5) is 0 Å². The fraction of sp³-hybridized carbons (Fsp3) is 0. The Labute approximate surface area is 25.1 Å². The predicted molar refractivity (Wildman–Crippen MR) is 18.8 cm³/mol. The molecule has 0 rings (SSSR count). The lowest BCUT2D eigenvalue weighted by molar-refractivity contribution is 1.28. The van der Waals surface area contributed by atoms with E-state index in [1.165, 1.54) is 0 Å². The van der Waals surface area contributed by atoms with Gasteiger partial charge in [0.2, 0.25) is 0 Å². The molecule has 0 radical (unpaired) electrons. The summed E-state index contributed by atoms with van der Waals surface area (Å²) in [7, 11) is 0. The molecular weight excluding hydrogens is 54.0 g/mol. The molecule has 0 aromatic rings. The Hall–Kier alpha value is -0.570. The standard InChI is InChI=1S/CH4N2.H3N/c1-3-2;/h1-2H2;1H3. The highest BCUT2D eigenvalue weighted by Gasteiger charge is 1.03. The third kappa shape index (κ3) is 0.814. The highest BCUT2D eigenvalue weighted by molar-refractivity contribution is 5.21. The summed E-state index contributed by atoms with van der Waals surface area (Å²) in [5.74, 6) is 4.36. The monoisotopic (exact) mass is 61.1 g/mol. The molecule has 0 aliphatic rings. The minimum absolute atomic E-state index is 0. The van der Waals surface area contributed by atoms with Gasteiger partial charge in [0.15, 0.2) is 0 Å². The number of nitrogens with two attached hydrogens (primary N) is 1. The first-order chi connectivity index (χ1) is 1.41. The normalized spacial score (nSPS) is 3.00. The summed E-state index contributed by atoms with van der Waals surface area (Å²) in [5.41, 5.74) is 0. The lowest BCUT2D eigenvalue weighted by Crippen LogP contribution is -1.68. The molecule has 0 aliphatic carbocycles. The molecule has 3 nitrogen and oxygen atoms in total. The maximum absolute atomic E-state index is 4.36. The Balaban J connectivity index is 0. The van der Waals surface area contributed by atoms with E-state index in [-0.39, 0.29) is 6.15 Å². The molecule has 0 atom stereocenters. The summed E-state index contributed by atoms with van der Waals surface area (Å²) < 4.78 is 0. The van der Waals surface area contributed by atoms with E-state index in [4.69, 9.17) is 0 Å². The molecule has 3 heteroatoms. The van der Waals surface area contributed by atoms with Gasteiger partial charge in [-0.25, -0.2) is 0 Å². The molecule has 0 aromatic carbocycles. The molecule has 0 fully saturated rings. The number of nitrogens with zero attached hydrogens (tertiary/aromatic N) is 1. The number of rotatable bonds is 0. The molecule has 0 saturated heterocycles. The molecule has 4 heavy (non-hydrogen) atoms. The van der Waals surface area contributed by atoms with E-state index in [1.54, 1.807) is 0 Å². The van der Waals surface area contributed by atoms with Crippen LogP contribution in [-0.4, -0.2) is 6.72 Å². The van der Waals surface area contributed by atoms with Crippen molar-refractivity contribution in [1.29, 1.82) is 0 Å². The van der Waals surface area contributed by atoms with Crippen LogP contribution in [0.1, 0.15) is 0 Å². The van der Waals surface area contributed by atoms with Crippen molar-refractivity contribution < 1.29 is 0 Å². The summed E-state index contributed by atoms with van der Waals surface area (Å²) in [6.45, 7) is 2.89. The van der Waals surface area contributed by atoms with E-state index >= 15 is 0 Å². The first-order valence-electron chi connectivity index (χ1n) is 0.574. The number of hydrazone groups is 1. The van der Waals surface area contributed by atoms with Gasteiger partial charge in [-0.15, -0.1) is 0 Å². The highest BCUT2D eigenvalue weighted by atomic mass is 15.1. The quantitative estimate of drug-likeness (QED) is 0.230. The second kappa shape index (κ2) is 26.9. The Kier molecular flexibility index (Phi) is 66.5. The van der Waals surface area contributed by atoms with Gasteiger partial charge in [-0.1, -0.05) is 0 Å². The van der Waals surface area contributed by atoms with Gasteiger partial charge in [0.1, 0.15) is 0 Å². The van der Waals surface area contributed by atoms with E-state index in [1.807, 2.05) is 0 Å². The van der Waals surface area contributed by atoms with E-state index in [0.29, 0.717) is 0 Å². The van der Waals surface area contributed by atoms with Crippen LogP contribution in [0, 0.1) is 0 Å². The van der Waals surface area contributed by atoms with Crippen molar-refractivity contribution in [2.45, 2.75) is 0 Å². The predicted octanol–water partition coefficient (Wildman–Crippen LogP) is -0.277. The van der Waals surface area contributed by atoms with Gasteiger partial charge >= 0.3 is 0 Å². The third-order valence-corrected chi connectivity index (χ3v) is 0. The number of hydrogen-bond acceptors (Lipinski definition) is 3. The molecule has 0 aromatic heterocycles. The fourth-order valence-electron chi connectivity index (χ4n) is 0. The Morgan fingerprint density at radius 3 is 1.75 bits per heavy atom. The Bertz CT molecular complexity index is 10.8. The molecule has 0 amide bonds. The van der Waals surface area contributed by atoms with Crippen LogP contribution >= 0.6 is 0 Å². The zero-order chi connectivity index (χ0) is 2.71. The van der Waals surface area contributed by atoms with Gasteiger partial charge in [0.05, 0.1) is 0 Å². The second-order valence-corrected chi connectivity index (χ2v) is 0.183. The molecule has 0 unspecified atom stereocenters. The summed E-state index contributed by atoms with van der Waals surface area (Å²) in [5, 5.41) is 2.75. The van der Waals surface area contributed by atoms with Gasteiger partial charge in [-0.05, 0) is 0 Å². The van der Waals surface area contributed by atoms with Gasteiger partial charge < -0.3 is 12.0 Å². The summed E-state index contributed by atoms with van der Waals surface area (Å²) in [4.78, 5) is 0. The van der Waals surface area contributed by atoms with Gasteiger partial charge in [0, 0.05) is 6.72 Å². The number of hydrogen-bond donors (Lipinski definition) is 2. The van der Waals surface area contributed by atoms with Crippen LogP contribution in [0.15, 0.2) is 5.10 Å². The van der Waals surface area contributed by atoms with Gasteiger partial charge in [-0.2, -0.15) is 5.10 Å². The minimum Gasteiger partial charge on any atom is -0.344 e. The highest BCUT2D eigenvalue weighted by Crippen LogP contribution is 1.05. The average molecular weight is 61.1 g/mol. The minimum atomic E-state index is 0. The Morgan fingerprint density at radius 2 is 1.75 bits per heavy atom. The van der Waals surface area contributed by atoms with Gasteiger partial charge in [0.25, 0.3) is 0 Å². The first kappa shape index (κ1) is 9.90. The van der Waals surface area contributed by atoms with E-state index < -0.39 is 0 Å². The van der Waals surface area contributed by atoms with Crippen LogP contribution in [0.3, 0.4) is 0 Å². The smallest absolute Gasteiger partial charge is 0.0102 e. The molecule has 26 valence electrons. The Morgan fingerprint density at radius 1 is 1.75 bits per heavy atom. The van der Waals surface area contributed by atoms with Crippen LogP contribution < -0.4 is 12.0 Å². The second-order valence-electron chi connectivity index (χ2n) is 0.183. The van der Waals surface area contributed by atoms with Crippen LogP contribution in [0.25, 0.3) is 0 Å². The van der Waals surface area contributed by atoms with Crippen molar-refractivity contribution in [1.82, 2.24) is 6.15 Å². The molecule has 0 bridgehead atoms. The molecule has 0 spiro atoms. The topological polar surface area (TPSA) is 73.4 Å². The zero-order valence-electron chi connectivity index (χ0n) is 2.44. The van der Waals surface area contributed by atoms with Crippen LogP contribution in [0.2, 0.25) is 0 Å². The summed E-state index contributed by atoms with van der Waals surface area (Å²) >= 11 is 0. The van der Waals surface area contributed by atoms with Crippen molar-refractivity contribution in [3.05, 3.63) is 0 Å². The fourth-order valence-corrected chi connectivity index (χ4v) is 0. The molecule has 0 heterocycles. The van der Waals surface area contributed by atoms with Crippen LogP contribution in [-0.2, 0) is 0 Å². The zero-order valence-corrected chi connectivity index (χ0v) is 2.44. The van der Waals surface area contributed by atoms with Crippen molar-refractivity contribution in [2.24, 2.45) is 10.9 Å². The van der Waals surface area contributed by atoms with Crippen molar-refractivity contribution >= 4 is 6.72 Å². The van der Waals surface area contributed by atoms with E-state index in [2.05, 4.69) is 17.7 Å². The maximum Gasteiger partial charge on any atom is 0.0102 e. The van der Waals surface area contributed by atoms with Crippen molar-refractivity contribution in [3.63, 3.8) is 0 Å².